The molecule has 8 aromatic rings. The Kier molecular flexibility index (Phi) is 3.36. The number of hydrogen-bond donors (Lipinski definition) is 0. The number of pyridine rings is 2. The zero-order valence-corrected chi connectivity index (χ0v) is 18.2. The van der Waals surface area contributed by atoms with Crippen LogP contribution in [0, 0.1) is 0 Å². The van der Waals surface area contributed by atoms with Gasteiger partial charge in [-0.2, -0.15) is 0 Å². The van der Waals surface area contributed by atoms with Gasteiger partial charge in [-0.1, -0.05) is 54.6 Å². The second-order valence-electron chi connectivity index (χ2n) is 8.74. The topological polar surface area (TPSA) is 35.1 Å². The van der Waals surface area contributed by atoms with Crippen LogP contribution in [0.15, 0.2) is 109 Å². The summed E-state index contributed by atoms with van der Waals surface area (Å²) in [4.78, 5) is 9.54. The Morgan fingerprint density at radius 3 is 2.06 bits per heavy atom. The van der Waals surface area contributed by atoms with Crippen molar-refractivity contribution < 1.29 is 0 Å². The normalized spacial score (nSPS) is 12.1. The van der Waals surface area contributed by atoms with Crippen molar-refractivity contribution >= 4 is 60.3 Å². The van der Waals surface area contributed by atoms with E-state index >= 15 is 0 Å². The van der Waals surface area contributed by atoms with Crippen molar-refractivity contribution in [3.05, 3.63) is 109 Å². The Bertz CT molecular complexity index is 2060. The molecule has 0 aliphatic rings. The minimum absolute atomic E-state index is 0.770. The summed E-state index contributed by atoms with van der Waals surface area (Å²) in [6.07, 6.45) is 1.81. The van der Waals surface area contributed by atoms with Crippen LogP contribution in [0.5, 0.6) is 0 Å². The van der Waals surface area contributed by atoms with Crippen molar-refractivity contribution in [2.45, 2.75) is 0 Å². The molecule has 34 heavy (non-hydrogen) atoms. The maximum Gasteiger partial charge on any atom is 0.178 e. The van der Waals surface area contributed by atoms with Gasteiger partial charge in [0.25, 0.3) is 0 Å². The number of fused-ring (bicyclic) bond motifs is 11. The lowest BCUT2D eigenvalue weighted by Gasteiger charge is -2.11. The van der Waals surface area contributed by atoms with E-state index in [9.17, 15) is 0 Å². The number of hydrogen-bond acceptors (Lipinski definition) is 2. The van der Waals surface area contributed by atoms with E-state index in [0.29, 0.717) is 0 Å². The molecule has 0 amide bonds. The van der Waals surface area contributed by atoms with E-state index in [2.05, 4.69) is 111 Å². The van der Waals surface area contributed by atoms with Crippen LogP contribution in [-0.2, 0) is 0 Å². The summed E-state index contributed by atoms with van der Waals surface area (Å²) in [5.41, 5.74) is 7.45. The fourth-order valence-corrected chi connectivity index (χ4v) is 5.51. The molecule has 0 aliphatic heterocycles. The first-order valence-corrected chi connectivity index (χ1v) is 11.4. The van der Waals surface area contributed by atoms with E-state index < -0.39 is 0 Å². The standard InChI is InChI=1S/C30H18N4/c1-2-9-19(10-3-1)33-25-13-6-5-12-21(25)23-17-24-22(18-28(23)33)20-11-4-7-14-26(20)34-27-15-8-16-31-29(27)32-30(24)34/h1-18H. The van der Waals surface area contributed by atoms with Crippen LogP contribution in [0.4, 0.5) is 0 Å². The van der Waals surface area contributed by atoms with Crippen LogP contribution in [-0.4, -0.2) is 18.9 Å². The molecule has 0 saturated carbocycles. The fraction of sp³-hybridized carbons (Fsp3) is 0. The van der Waals surface area contributed by atoms with Crippen LogP contribution in [0.1, 0.15) is 0 Å². The highest BCUT2D eigenvalue weighted by atomic mass is 15.1. The molecule has 0 radical (unpaired) electrons. The van der Waals surface area contributed by atoms with Gasteiger partial charge in [0, 0.05) is 33.4 Å². The van der Waals surface area contributed by atoms with Crippen LogP contribution < -0.4 is 0 Å². The number of rotatable bonds is 1. The molecule has 4 heteroatoms. The number of imidazole rings is 1. The van der Waals surface area contributed by atoms with Crippen LogP contribution >= 0.6 is 0 Å². The molecule has 0 aliphatic carbocycles. The summed E-state index contributed by atoms with van der Waals surface area (Å²) >= 11 is 0. The molecule has 0 N–H and O–H groups in total. The summed E-state index contributed by atoms with van der Waals surface area (Å²) in [5.74, 6) is 0. The molecular formula is C30H18N4. The molecule has 0 saturated heterocycles. The molecule has 0 spiro atoms. The molecule has 4 aromatic heterocycles. The SMILES string of the molecule is c1ccc(-n2c3ccccc3c3cc4c(cc32)c2ccccc2n2c3cccnc3nc42)cc1. The highest BCUT2D eigenvalue weighted by Crippen LogP contribution is 2.39. The fourth-order valence-electron chi connectivity index (χ4n) is 5.51. The molecule has 0 atom stereocenters. The van der Waals surface area contributed by atoms with Gasteiger partial charge in [0.05, 0.1) is 22.1 Å². The second-order valence-corrected chi connectivity index (χ2v) is 8.74. The third-order valence-corrected chi connectivity index (χ3v) is 6.93. The Labute approximate surface area is 194 Å². The largest absolute Gasteiger partial charge is 0.309 e. The first kappa shape index (κ1) is 17.8. The Morgan fingerprint density at radius 1 is 0.500 bits per heavy atom. The van der Waals surface area contributed by atoms with E-state index in [1.165, 1.54) is 32.6 Å². The molecule has 0 bridgehead atoms. The lowest BCUT2D eigenvalue weighted by atomic mass is 10.0. The van der Waals surface area contributed by atoms with Crippen LogP contribution in [0.25, 0.3) is 66.0 Å². The van der Waals surface area contributed by atoms with Crippen molar-refractivity contribution in [1.29, 1.82) is 0 Å². The highest BCUT2D eigenvalue weighted by molar-refractivity contribution is 6.21. The molecule has 4 nitrogen and oxygen atoms in total. The van der Waals surface area contributed by atoms with Gasteiger partial charge in [0.15, 0.2) is 5.65 Å². The van der Waals surface area contributed by atoms with Gasteiger partial charge in [-0.05, 0) is 53.9 Å². The van der Waals surface area contributed by atoms with Gasteiger partial charge in [-0.3, -0.25) is 4.40 Å². The maximum absolute atomic E-state index is 4.99. The molecule has 4 heterocycles. The second kappa shape index (κ2) is 6.42. The van der Waals surface area contributed by atoms with E-state index in [4.69, 9.17) is 4.98 Å². The smallest absolute Gasteiger partial charge is 0.178 e. The van der Waals surface area contributed by atoms with Gasteiger partial charge in [-0.15, -0.1) is 0 Å². The molecule has 4 aromatic carbocycles. The lowest BCUT2D eigenvalue weighted by Crippen LogP contribution is -1.94. The first-order chi connectivity index (χ1) is 16.9. The summed E-state index contributed by atoms with van der Waals surface area (Å²) in [7, 11) is 0. The third-order valence-electron chi connectivity index (χ3n) is 6.93. The molecule has 158 valence electrons. The zero-order chi connectivity index (χ0) is 22.2. The Balaban J connectivity index is 1.67. The van der Waals surface area contributed by atoms with E-state index in [0.717, 1.165) is 33.4 Å². The van der Waals surface area contributed by atoms with Gasteiger partial charge in [0.2, 0.25) is 0 Å². The third kappa shape index (κ3) is 2.22. The van der Waals surface area contributed by atoms with E-state index in [1.807, 2.05) is 12.3 Å². The zero-order valence-electron chi connectivity index (χ0n) is 18.2. The van der Waals surface area contributed by atoms with Crippen molar-refractivity contribution in [2.75, 3.05) is 0 Å². The summed E-state index contributed by atoms with van der Waals surface area (Å²) < 4.78 is 4.62. The average Bonchev–Trinajstić information content (AvgIpc) is 3.44. The van der Waals surface area contributed by atoms with Crippen molar-refractivity contribution in [1.82, 2.24) is 18.9 Å². The molecule has 8 rings (SSSR count). The Hall–Kier alpha value is -4.70. The van der Waals surface area contributed by atoms with Crippen LogP contribution in [0.3, 0.4) is 0 Å². The minimum Gasteiger partial charge on any atom is -0.309 e. The van der Waals surface area contributed by atoms with Crippen LogP contribution in [0.2, 0.25) is 0 Å². The quantitative estimate of drug-likeness (QED) is 0.254. The van der Waals surface area contributed by atoms with Gasteiger partial charge >= 0.3 is 0 Å². The van der Waals surface area contributed by atoms with Gasteiger partial charge in [0.1, 0.15) is 5.65 Å². The highest BCUT2D eigenvalue weighted by Gasteiger charge is 2.18. The lowest BCUT2D eigenvalue weighted by molar-refractivity contribution is 1.18. The summed E-state index contributed by atoms with van der Waals surface area (Å²) in [6.45, 7) is 0. The number of benzene rings is 4. The van der Waals surface area contributed by atoms with Crippen molar-refractivity contribution in [2.24, 2.45) is 0 Å². The maximum atomic E-state index is 4.99. The first-order valence-electron chi connectivity index (χ1n) is 11.4. The van der Waals surface area contributed by atoms with Crippen molar-refractivity contribution in [3.8, 4) is 5.69 Å². The van der Waals surface area contributed by atoms with E-state index in [-0.39, 0.29) is 0 Å². The van der Waals surface area contributed by atoms with Gasteiger partial charge in [-0.25, -0.2) is 9.97 Å². The van der Waals surface area contributed by atoms with Gasteiger partial charge < -0.3 is 4.57 Å². The number of aromatic nitrogens is 4. The molecular weight excluding hydrogens is 416 g/mol. The number of para-hydroxylation sites is 3. The molecule has 0 fully saturated rings. The minimum atomic E-state index is 0.770. The molecule has 0 unspecified atom stereocenters. The predicted molar refractivity (Wildman–Crippen MR) is 140 cm³/mol. The summed E-state index contributed by atoms with van der Waals surface area (Å²) in [5, 5.41) is 6.01. The van der Waals surface area contributed by atoms with E-state index in [1.54, 1.807) is 0 Å². The average molecular weight is 435 g/mol. The Morgan fingerprint density at radius 2 is 1.21 bits per heavy atom. The monoisotopic (exact) mass is 434 g/mol. The predicted octanol–water partition coefficient (Wildman–Crippen LogP) is 7.29. The number of nitrogens with zero attached hydrogens (tertiary/aromatic N) is 4. The van der Waals surface area contributed by atoms with Crippen molar-refractivity contribution in [3.63, 3.8) is 0 Å². The summed E-state index contributed by atoms with van der Waals surface area (Å²) in [6, 6.07) is 36.6.